The Bertz CT molecular complexity index is 785. The lowest BCUT2D eigenvalue weighted by Gasteiger charge is -2.42. The van der Waals surface area contributed by atoms with Crippen molar-refractivity contribution in [2.45, 2.75) is 24.7 Å². The van der Waals surface area contributed by atoms with Crippen LogP contribution < -0.4 is 10.1 Å². The molecule has 0 aliphatic heterocycles. The van der Waals surface area contributed by atoms with E-state index in [4.69, 9.17) is 4.74 Å². The fourth-order valence-corrected chi connectivity index (χ4v) is 3.29. The number of hydrogen-bond donors (Lipinski definition) is 1. The second-order valence-electron chi connectivity index (χ2n) is 6.33. The predicted molar refractivity (Wildman–Crippen MR) is 94.0 cm³/mol. The minimum Gasteiger partial charge on any atom is -0.490 e. The Labute approximate surface area is 146 Å². The van der Waals surface area contributed by atoms with Gasteiger partial charge in [-0.25, -0.2) is 0 Å². The number of nitrogens with zero attached hydrogens (tertiary/aromatic N) is 1. The molecule has 0 aromatic heterocycles. The predicted octanol–water partition coefficient (Wildman–Crippen LogP) is 3.46. The zero-order chi connectivity index (χ0) is 17.9. The van der Waals surface area contributed by atoms with E-state index in [1.807, 2.05) is 18.2 Å². The maximum Gasteiger partial charge on any atom is 0.311 e. The Hall–Kier alpha value is -2.89. The highest BCUT2D eigenvalue weighted by Gasteiger charge is 2.38. The second-order valence-corrected chi connectivity index (χ2v) is 6.33. The lowest BCUT2D eigenvalue weighted by atomic mass is 9.64. The molecule has 0 heterocycles. The summed E-state index contributed by atoms with van der Waals surface area (Å²) in [7, 11) is 1.36. The number of carbonyl (C=O) groups excluding carboxylic acids is 1. The summed E-state index contributed by atoms with van der Waals surface area (Å²) in [6, 6.07) is 14.4. The first-order valence-electron chi connectivity index (χ1n) is 8.22. The molecule has 6 nitrogen and oxygen atoms in total. The topological polar surface area (TPSA) is 81.5 Å². The number of benzene rings is 2. The minimum absolute atomic E-state index is 0.0324. The normalized spacial score (nSPS) is 15.1. The van der Waals surface area contributed by atoms with Gasteiger partial charge in [0.25, 0.3) is 5.91 Å². The van der Waals surface area contributed by atoms with E-state index in [9.17, 15) is 14.9 Å². The van der Waals surface area contributed by atoms with Crippen molar-refractivity contribution >= 4 is 11.6 Å². The lowest BCUT2D eigenvalue weighted by Crippen LogP contribution is -2.45. The van der Waals surface area contributed by atoms with Gasteiger partial charge in [0.1, 0.15) is 0 Å². The van der Waals surface area contributed by atoms with E-state index >= 15 is 0 Å². The average Bonchev–Trinajstić information content (AvgIpc) is 2.61. The van der Waals surface area contributed by atoms with Crippen LogP contribution >= 0.6 is 0 Å². The van der Waals surface area contributed by atoms with Crippen molar-refractivity contribution in [1.82, 2.24) is 5.32 Å². The number of nitro benzene ring substituents is 1. The number of hydrogen-bond acceptors (Lipinski definition) is 4. The van der Waals surface area contributed by atoms with Crippen LogP contribution in [0.1, 0.15) is 35.2 Å². The molecule has 0 atom stereocenters. The summed E-state index contributed by atoms with van der Waals surface area (Å²) in [6.45, 7) is 0.523. The molecule has 0 bridgehead atoms. The molecule has 1 aliphatic rings. The van der Waals surface area contributed by atoms with Gasteiger partial charge < -0.3 is 10.1 Å². The van der Waals surface area contributed by atoms with Crippen LogP contribution in [0.4, 0.5) is 5.69 Å². The van der Waals surface area contributed by atoms with Crippen LogP contribution in [-0.2, 0) is 5.41 Å². The summed E-state index contributed by atoms with van der Waals surface area (Å²) in [5.74, 6) is -0.172. The van der Waals surface area contributed by atoms with E-state index in [-0.39, 0.29) is 28.3 Å². The van der Waals surface area contributed by atoms with Crippen molar-refractivity contribution in [2.75, 3.05) is 13.7 Å². The van der Waals surface area contributed by atoms with Gasteiger partial charge in [0.2, 0.25) is 0 Å². The second kappa shape index (κ2) is 6.93. The first-order chi connectivity index (χ1) is 12.1. The third-order valence-electron chi connectivity index (χ3n) is 4.92. The number of methoxy groups -OCH3 is 1. The molecule has 25 heavy (non-hydrogen) atoms. The molecule has 1 amide bonds. The van der Waals surface area contributed by atoms with Crippen LogP contribution in [0.15, 0.2) is 48.5 Å². The van der Waals surface area contributed by atoms with Gasteiger partial charge in [0.05, 0.1) is 12.0 Å². The van der Waals surface area contributed by atoms with E-state index in [1.165, 1.54) is 30.9 Å². The highest BCUT2D eigenvalue weighted by molar-refractivity contribution is 5.95. The van der Waals surface area contributed by atoms with Crippen molar-refractivity contribution in [3.8, 4) is 5.75 Å². The van der Waals surface area contributed by atoms with Crippen LogP contribution in [0.3, 0.4) is 0 Å². The first-order valence-corrected chi connectivity index (χ1v) is 8.22. The summed E-state index contributed by atoms with van der Waals surface area (Å²) in [5, 5.41) is 14.0. The van der Waals surface area contributed by atoms with Gasteiger partial charge in [-0.3, -0.25) is 14.9 Å². The zero-order valence-electron chi connectivity index (χ0n) is 14.0. The zero-order valence-corrected chi connectivity index (χ0v) is 14.0. The fraction of sp³-hybridized carbons (Fsp3) is 0.316. The molecule has 1 saturated carbocycles. The molecule has 0 saturated heterocycles. The fourth-order valence-electron chi connectivity index (χ4n) is 3.29. The van der Waals surface area contributed by atoms with Crippen molar-refractivity contribution < 1.29 is 14.5 Å². The van der Waals surface area contributed by atoms with E-state index in [2.05, 4.69) is 17.4 Å². The Morgan fingerprint density at radius 1 is 1.24 bits per heavy atom. The molecule has 1 N–H and O–H groups in total. The first kappa shape index (κ1) is 17.0. The van der Waals surface area contributed by atoms with Crippen LogP contribution in [0.25, 0.3) is 0 Å². The van der Waals surface area contributed by atoms with Crippen LogP contribution in [0.5, 0.6) is 5.75 Å². The molecule has 0 radical (unpaired) electrons. The van der Waals surface area contributed by atoms with E-state index in [0.717, 1.165) is 19.3 Å². The maximum atomic E-state index is 12.5. The number of nitrogens with one attached hydrogen (secondary N) is 1. The lowest BCUT2D eigenvalue weighted by molar-refractivity contribution is -0.385. The van der Waals surface area contributed by atoms with E-state index in [1.54, 1.807) is 0 Å². The Morgan fingerprint density at radius 2 is 1.96 bits per heavy atom. The van der Waals surface area contributed by atoms with Gasteiger partial charge in [-0.1, -0.05) is 36.8 Å². The molecular weight excluding hydrogens is 320 g/mol. The van der Waals surface area contributed by atoms with Gasteiger partial charge in [-0.15, -0.1) is 0 Å². The number of rotatable bonds is 6. The van der Waals surface area contributed by atoms with Crippen LogP contribution in [-0.4, -0.2) is 24.5 Å². The van der Waals surface area contributed by atoms with Crippen LogP contribution in [0, 0.1) is 10.1 Å². The highest BCUT2D eigenvalue weighted by atomic mass is 16.6. The third-order valence-corrected chi connectivity index (χ3v) is 4.92. The van der Waals surface area contributed by atoms with Gasteiger partial charge in [-0.2, -0.15) is 0 Å². The number of nitro groups is 1. The largest absolute Gasteiger partial charge is 0.490 e. The minimum atomic E-state index is -0.549. The smallest absolute Gasteiger partial charge is 0.311 e. The van der Waals surface area contributed by atoms with Gasteiger partial charge in [0, 0.05) is 23.6 Å². The molecule has 130 valence electrons. The van der Waals surface area contributed by atoms with Gasteiger partial charge >= 0.3 is 5.69 Å². The standard InChI is InChI=1S/C19H20N2O4/c1-25-17-9-8-14(12-16(17)21(23)24)18(22)20-13-19(10-5-11-19)15-6-3-2-4-7-15/h2-4,6-9,12H,5,10-11,13H2,1H3,(H,20,22). The third kappa shape index (κ3) is 3.33. The average molecular weight is 340 g/mol. The van der Waals surface area contributed by atoms with Crippen LogP contribution in [0.2, 0.25) is 0 Å². The summed E-state index contributed by atoms with van der Waals surface area (Å²) in [6.07, 6.45) is 3.19. The molecule has 3 rings (SSSR count). The van der Waals surface area contributed by atoms with Crippen molar-refractivity contribution in [3.63, 3.8) is 0 Å². The van der Waals surface area contributed by atoms with Gasteiger partial charge in [0.15, 0.2) is 5.75 Å². The van der Waals surface area contributed by atoms with Crippen molar-refractivity contribution in [2.24, 2.45) is 0 Å². The van der Waals surface area contributed by atoms with Crippen molar-refractivity contribution in [3.05, 3.63) is 69.8 Å². The molecule has 0 spiro atoms. The maximum absolute atomic E-state index is 12.5. The molecule has 2 aromatic rings. The Morgan fingerprint density at radius 3 is 2.52 bits per heavy atom. The number of carbonyl (C=O) groups is 1. The molecule has 6 heteroatoms. The highest BCUT2D eigenvalue weighted by Crippen LogP contribution is 2.43. The quantitative estimate of drug-likeness (QED) is 0.645. The van der Waals surface area contributed by atoms with Crippen molar-refractivity contribution in [1.29, 1.82) is 0 Å². The SMILES string of the molecule is COc1ccc(C(=O)NCC2(c3ccccc3)CCC2)cc1[N+](=O)[O-]. The number of ether oxygens (including phenoxy) is 1. The monoisotopic (exact) mass is 340 g/mol. The summed E-state index contributed by atoms with van der Waals surface area (Å²) >= 11 is 0. The van der Waals surface area contributed by atoms with E-state index < -0.39 is 4.92 Å². The summed E-state index contributed by atoms with van der Waals surface area (Å²) < 4.78 is 4.97. The van der Waals surface area contributed by atoms with E-state index in [0.29, 0.717) is 6.54 Å². The Kier molecular flexibility index (Phi) is 4.70. The summed E-state index contributed by atoms with van der Waals surface area (Å²) in [4.78, 5) is 23.0. The molecule has 2 aromatic carbocycles. The molecule has 0 unspecified atom stereocenters. The Balaban J connectivity index is 1.74. The molecule has 1 aliphatic carbocycles. The summed E-state index contributed by atoms with van der Waals surface area (Å²) in [5.41, 5.74) is 1.24. The molecule has 1 fully saturated rings. The molecular formula is C19H20N2O4. The van der Waals surface area contributed by atoms with Gasteiger partial charge in [-0.05, 0) is 30.5 Å². The number of amides is 1.